The van der Waals surface area contributed by atoms with Crippen LogP contribution in [0.25, 0.3) is 16.5 Å². The fourth-order valence-electron chi connectivity index (χ4n) is 2.86. The second-order valence-electron chi connectivity index (χ2n) is 4.76. The van der Waals surface area contributed by atoms with Gasteiger partial charge in [-0.3, -0.25) is 20.2 Å². The van der Waals surface area contributed by atoms with Gasteiger partial charge in [-0.15, -0.1) is 0 Å². The number of hydrogen-bond donors (Lipinski definition) is 1. The predicted octanol–water partition coefficient (Wildman–Crippen LogP) is 2.24. The summed E-state index contributed by atoms with van der Waals surface area (Å²) in [5, 5.41) is 33.0. The van der Waals surface area contributed by atoms with E-state index in [1.807, 2.05) is 0 Å². The topological polar surface area (TPSA) is 124 Å². The molecule has 110 valence electrons. The lowest BCUT2D eigenvalue weighted by Gasteiger charge is -2.19. The van der Waals surface area contributed by atoms with Crippen molar-refractivity contribution in [3.05, 3.63) is 73.3 Å². The van der Waals surface area contributed by atoms with Crippen LogP contribution in [0.1, 0.15) is 17.2 Å². The Morgan fingerprint density at radius 2 is 1.73 bits per heavy atom. The van der Waals surface area contributed by atoms with E-state index >= 15 is 0 Å². The highest BCUT2D eigenvalue weighted by molar-refractivity contribution is 6.05. The number of nitrogens with zero attached hydrogens (tertiary/aromatic N) is 2. The summed E-state index contributed by atoms with van der Waals surface area (Å²) in [6.07, 6.45) is 0. The molecule has 8 heteroatoms. The maximum atomic E-state index is 11.4. The Labute approximate surface area is 122 Å². The van der Waals surface area contributed by atoms with Crippen LogP contribution in [0.5, 0.6) is 0 Å². The van der Waals surface area contributed by atoms with Crippen molar-refractivity contribution in [3.63, 3.8) is 0 Å². The zero-order valence-corrected chi connectivity index (χ0v) is 10.9. The first kappa shape index (κ1) is 13.7. The normalized spacial score (nSPS) is 16.6. The minimum Gasteiger partial charge on any atom is -0.477 e. The number of rotatable bonds is 3. The first-order valence-corrected chi connectivity index (χ1v) is 6.21. The molecule has 3 rings (SSSR count). The van der Waals surface area contributed by atoms with E-state index in [0.717, 1.165) is 0 Å². The average molecular weight is 300 g/mol. The lowest BCUT2D eigenvalue weighted by molar-refractivity contribution is -0.518. The Kier molecular flexibility index (Phi) is 2.87. The number of carboxylic acid groups (broad SMARTS) is 1. The molecule has 0 aliphatic heterocycles. The molecule has 0 heterocycles. The van der Waals surface area contributed by atoms with Gasteiger partial charge in [-0.05, 0) is 11.5 Å². The minimum absolute atomic E-state index is 0.0913. The SMILES string of the molecule is O=C(O)C1=C([N+](=O)[O-])c2cccc3cccc(c23)C1[N+](=O)[O-]. The van der Waals surface area contributed by atoms with Crippen LogP contribution in [0.4, 0.5) is 0 Å². The summed E-state index contributed by atoms with van der Waals surface area (Å²) in [6, 6.07) is 7.52. The molecule has 1 aliphatic rings. The Morgan fingerprint density at radius 3 is 2.27 bits per heavy atom. The van der Waals surface area contributed by atoms with Crippen molar-refractivity contribution < 1.29 is 19.7 Å². The Balaban J connectivity index is 2.54. The number of carboxylic acids is 1. The van der Waals surface area contributed by atoms with E-state index in [1.165, 1.54) is 12.1 Å². The second kappa shape index (κ2) is 4.62. The van der Waals surface area contributed by atoms with Crippen molar-refractivity contribution in [2.75, 3.05) is 0 Å². The maximum Gasteiger partial charge on any atom is 0.346 e. The zero-order chi connectivity index (χ0) is 16.0. The molecule has 0 fully saturated rings. The van der Waals surface area contributed by atoms with E-state index in [-0.39, 0.29) is 11.1 Å². The monoisotopic (exact) mass is 300 g/mol. The summed E-state index contributed by atoms with van der Waals surface area (Å²) in [6.45, 7) is 0. The highest BCUT2D eigenvalue weighted by Crippen LogP contribution is 2.43. The van der Waals surface area contributed by atoms with Gasteiger partial charge in [0.2, 0.25) is 0 Å². The summed E-state index contributed by atoms with van der Waals surface area (Å²) >= 11 is 0. The van der Waals surface area contributed by atoms with Crippen LogP contribution in [-0.2, 0) is 4.79 Å². The van der Waals surface area contributed by atoms with E-state index in [0.29, 0.717) is 10.8 Å². The van der Waals surface area contributed by atoms with Gasteiger partial charge in [-0.2, -0.15) is 0 Å². The number of nitro groups is 2. The fourth-order valence-corrected chi connectivity index (χ4v) is 2.86. The highest BCUT2D eigenvalue weighted by atomic mass is 16.6. The molecule has 22 heavy (non-hydrogen) atoms. The second-order valence-corrected chi connectivity index (χ2v) is 4.76. The third-order valence-corrected chi connectivity index (χ3v) is 3.64. The van der Waals surface area contributed by atoms with Crippen molar-refractivity contribution in [1.29, 1.82) is 0 Å². The smallest absolute Gasteiger partial charge is 0.346 e. The van der Waals surface area contributed by atoms with Gasteiger partial charge in [-0.1, -0.05) is 30.3 Å². The van der Waals surface area contributed by atoms with Gasteiger partial charge in [0.15, 0.2) is 5.57 Å². The largest absolute Gasteiger partial charge is 0.477 e. The molecule has 0 amide bonds. The summed E-state index contributed by atoms with van der Waals surface area (Å²) in [5.74, 6) is -1.67. The highest BCUT2D eigenvalue weighted by Gasteiger charge is 2.46. The molecule has 2 aromatic carbocycles. The summed E-state index contributed by atoms with van der Waals surface area (Å²) in [5.41, 5.74) is -1.30. The zero-order valence-electron chi connectivity index (χ0n) is 10.9. The van der Waals surface area contributed by atoms with Gasteiger partial charge in [-0.25, -0.2) is 4.79 Å². The van der Waals surface area contributed by atoms with Crippen molar-refractivity contribution in [1.82, 2.24) is 0 Å². The maximum absolute atomic E-state index is 11.4. The number of hydrogen-bond acceptors (Lipinski definition) is 5. The van der Waals surface area contributed by atoms with Crippen LogP contribution in [0.3, 0.4) is 0 Å². The van der Waals surface area contributed by atoms with Gasteiger partial charge < -0.3 is 5.11 Å². The molecular formula is C14H8N2O6. The third kappa shape index (κ3) is 1.74. The van der Waals surface area contributed by atoms with Crippen LogP contribution >= 0.6 is 0 Å². The molecule has 2 aromatic rings. The summed E-state index contributed by atoms with van der Waals surface area (Å²) < 4.78 is 0. The average Bonchev–Trinajstić information content (AvgIpc) is 2.46. The molecule has 0 aromatic heterocycles. The number of benzene rings is 2. The van der Waals surface area contributed by atoms with E-state index in [4.69, 9.17) is 0 Å². The van der Waals surface area contributed by atoms with Crippen molar-refractivity contribution in [2.24, 2.45) is 0 Å². The van der Waals surface area contributed by atoms with Crippen LogP contribution in [-0.4, -0.2) is 20.9 Å². The summed E-state index contributed by atoms with van der Waals surface area (Å²) in [4.78, 5) is 32.5. The molecule has 8 nitrogen and oxygen atoms in total. The van der Waals surface area contributed by atoms with E-state index in [1.54, 1.807) is 24.3 Å². The first-order chi connectivity index (χ1) is 10.4. The van der Waals surface area contributed by atoms with Crippen LogP contribution in [0, 0.1) is 20.2 Å². The van der Waals surface area contributed by atoms with Crippen molar-refractivity contribution in [2.45, 2.75) is 6.04 Å². The fraction of sp³-hybridized carbons (Fsp3) is 0.0714. The number of carbonyl (C=O) groups is 1. The molecule has 1 unspecified atom stereocenters. The molecule has 0 spiro atoms. The number of aliphatic carboxylic acids is 1. The molecule has 0 saturated carbocycles. The van der Waals surface area contributed by atoms with Crippen LogP contribution < -0.4 is 0 Å². The van der Waals surface area contributed by atoms with Gasteiger partial charge >= 0.3 is 5.97 Å². The van der Waals surface area contributed by atoms with Crippen LogP contribution in [0.15, 0.2) is 42.0 Å². The molecule has 0 radical (unpaired) electrons. The lowest BCUT2D eigenvalue weighted by Crippen LogP contribution is -2.25. The molecule has 0 saturated heterocycles. The van der Waals surface area contributed by atoms with E-state index in [9.17, 15) is 30.1 Å². The molecule has 1 aliphatic carbocycles. The molecule has 1 N–H and O–H groups in total. The Morgan fingerprint density at radius 1 is 1.09 bits per heavy atom. The lowest BCUT2D eigenvalue weighted by atomic mass is 9.83. The first-order valence-electron chi connectivity index (χ1n) is 6.21. The van der Waals surface area contributed by atoms with Gasteiger partial charge in [0.1, 0.15) is 0 Å². The van der Waals surface area contributed by atoms with Crippen molar-refractivity contribution >= 4 is 22.4 Å². The van der Waals surface area contributed by atoms with Crippen molar-refractivity contribution in [3.8, 4) is 0 Å². The van der Waals surface area contributed by atoms with E-state index < -0.39 is 33.1 Å². The summed E-state index contributed by atoms with van der Waals surface area (Å²) in [7, 11) is 0. The van der Waals surface area contributed by atoms with Gasteiger partial charge in [0.25, 0.3) is 11.7 Å². The van der Waals surface area contributed by atoms with Gasteiger partial charge in [0, 0.05) is 15.9 Å². The molecule has 0 bridgehead atoms. The van der Waals surface area contributed by atoms with Crippen LogP contribution in [0.2, 0.25) is 0 Å². The standard InChI is InChI=1S/C14H8N2O6/c17-14(18)11-12(15(19)20)8-5-1-3-7-4-2-6-9(10(7)8)13(11)16(21)22/h1-6,12H,(H,17,18). The quantitative estimate of drug-likeness (QED) is 0.684. The Bertz CT molecular complexity index is 881. The third-order valence-electron chi connectivity index (χ3n) is 3.64. The van der Waals surface area contributed by atoms with Gasteiger partial charge in [0.05, 0.1) is 10.5 Å². The minimum atomic E-state index is -1.77. The Hall–Kier alpha value is -3.29. The predicted molar refractivity (Wildman–Crippen MR) is 75.2 cm³/mol. The molecule has 1 atom stereocenters. The molecular weight excluding hydrogens is 292 g/mol. The van der Waals surface area contributed by atoms with E-state index in [2.05, 4.69) is 0 Å².